The summed E-state index contributed by atoms with van der Waals surface area (Å²) in [5.41, 5.74) is 4.90. The van der Waals surface area contributed by atoms with Crippen molar-refractivity contribution in [3.63, 3.8) is 0 Å². The maximum Gasteiger partial charge on any atom is 0.216 e. The topological polar surface area (TPSA) is 92.6 Å². The van der Waals surface area contributed by atoms with E-state index in [0.717, 1.165) is 27.8 Å². The number of ether oxygens (including phenoxy) is 3. The van der Waals surface area contributed by atoms with Gasteiger partial charge in [-0.05, 0) is 41.5 Å². The standard InChI is InChI=1S/C33H32FN3O4/c1-23(38)37-16-15-36-20-27-11-14-30(18-32(27)41-21-25-6-3-5-24(17-25)19-35)40-22-28-7-4-8-31(33(28)39-2)26-9-12-29(34)13-10-26/h3-14,17-18,36H,15-16,20-22H2,1-2H3,(H,37,38). The van der Waals surface area contributed by atoms with Crippen LogP contribution in [-0.2, 0) is 24.6 Å². The van der Waals surface area contributed by atoms with Crippen LogP contribution >= 0.6 is 0 Å². The fourth-order valence-corrected chi connectivity index (χ4v) is 4.30. The summed E-state index contributed by atoms with van der Waals surface area (Å²) in [6.45, 7) is 3.67. The maximum atomic E-state index is 13.5. The van der Waals surface area contributed by atoms with Crippen LogP contribution in [0.1, 0.15) is 29.2 Å². The van der Waals surface area contributed by atoms with Gasteiger partial charge >= 0.3 is 0 Å². The molecule has 0 fully saturated rings. The molecule has 4 aromatic rings. The summed E-state index contributed by atoms with van der Waals surface area (Å²) in [7, 11) is 1.60. The molecular weight excluding hydrogens is 521 g/mol. The predicted octanol–water partition coefficient (Wildman–Crippen LogP) is 5.76. The number of rotatable bonds is 13. The van der Waals surface area contributed by atoms with Crippen molar-refractivity contribution in [1.29, 1.82) is 5.26 Å². The average Bonchev–Trinajstić information content (AvgIpc) is 2.99. The van der Waals surface area contributed by atoms with Crippen LogP contribution in [0.5, 0.6) is 17.2 Å². The lowest BCUT2D eigenvalue weighted by Gasteiger charge is -2.17. The highest BCUT2D eigenvalue weighted by Crippen LogP contribution is 2.34. The normalized spacial score (nSPS) is 10.5. The molecule has 0 radical (unpaired) electrons. The Bertz CT molecular complexity index is 1520. The smallest absolute Gasteiger partial charge is 0.216 e. The number of para-hydroxylation sites is 1. The molecule has 0 heterocycles. The molecule has 41 heavy (non-hydrogen) atoms. The second kappa shape index (κ2) is 14.5. The number of carbonyl (C=O) groups excluding carboxylic acids is 1. The van der Waals surface area contributed by atoms with Crippen molar-refractivity contribution in [2.75, 3.05) is 20.2 Å². The minimum absolute atomic E-state index is 0.0724. The average molecular weight is 554 g/mol. The molecule has 0 saturated heterocycles. The summed E-state index contributed by atoms with van der Waals surface area (Å²) in [6.07, 6.45) is 0. The molecular formula is C33H32FN3O4. The molecule has 0 aliphatic carbocycles. The fraction of sp³-hybridized carbons (Fsp3) is 0.212. The maximum absolute atomic E-state index is 13.5. The Morgan fingerprint density at radius 1 is 0.902 bits per heavy atom. The van der Waals surface area contributed by atoms with Crippen molar-refractivity contribution in [2.24, 2.45) is 0 Å². The molecule has 0 aliphatic heterocycles. The zero-order valence-corrected chi connectivity index (χ0v) is 23.1. The first-order valence-electron chi connectivity index (χ1n) is 13.2. The zero-order valence-electron chi connectivity index (χ0n) is 23.1. The summed E-state index contributed by atoms with van der Waals surface area (Å²) in [5, 5.41) is 15.3. The number of hydrogen-bond donors (Lipinski definition) is 2. The second-order valence-electron chi connectivity index (χ2n) is 9.32. The van der Waals surface area contributed by atoms with E-state index in [9.17, 15) is 14.4 Å². The molecule has 8 heteroatoms. The van der Waals surface area contributed by atoms with Gasteiger partial charge in [0, 0.05) is 49.3 Å². The van der Waals surface area contributed by atoms with Crippen molar-refractivity contribution in [1.82, 2.24) is 10.6 Å². The van der Waals surface area contributed by atoms with E-state index in [1.165, 1.54) is 19.1 Å². The SMILES string of the molecule is COc1c(COc2ccc(CNCCNC(C)=O)c(OCc3cccc(C#N)c3)c2)cccc1-c1ccc(F)cc1. The van der Waals surface area contributed by atoms with Crippen molar-refractivity contribution >= 4 is 5.91 Å². The number of amides is 1. The number of benzene rings is 4. The summed E-state index contributed by atoms with van der Waals surface area (Å²) < 4.78 is 31.5. The Kier molecular flexibility index (Phi) is 10.3. The first-order valence-corrected chi connectivity index (χ1v) is 13.2. The molecule has 0 aromatic heterocycles. The largest absolute Gasteiger partial charge is 0.496 e. The van der Waals surface area contributed by atoms with Gasteiger partial charge in [-0.3, -0.25) is 4.79 Å². The molecule has 0 unspecified atom stereocenters. The van der Waals surface area contributed by atoms with Gasteiger partial charge in [0.15, 0.2) is 0 Å². The molecule has 4 rings (SSSR count). The molecule has 0 aliphatic rings. The first kappa shape index (κ1) is 29.1. The number of nitriles is 1. The molecule has 210 valence electrons. The van der Waals surface area contributed by atoms with E-state index >= 15 is 0 Å². The van der Waals surface area contributed by atoms with E-state index in [-0.39, 0.29) is 24.9 Å². The summed E-state index contributed by atoms with van der Waals surface area (Å²) >= 11 is 0. The Balaban J connectivity index is 1.50. The van der Waals surface area contributed by atoms with Crippen LogP contribution in [0.3, 0.4) is 0 Å². The third kappa shape index (κ3) is 8.31. The lowest BCUT2D eigenvalue weighted by atomic mass is 10.0. The molecule has 0 spiro atoms. The quantitative estimate of drug-likeness (QED) is 0.205. The Labute approximate surface area is 239 Å². The van der Waals surface area contributed by atoms with Gasteiger partial charge in [0.1, 0.15) is 36.3 Å². The van der Waals surface area contributed by atoms with Crippen molar-refractivity contribution in [3.05, 3.63) is 113 Å². The minimum Gasteiger partial charge on any atom is -0.496 e. The third-order valence-electron chi connectivity index (χ3n) is 6.33. The van der Waals surface area contributed by atoms with E-state index in [1.54, 1.807) is 31.4 Å². The van der Waals surface area contributed by atoms with Gasteiger partial charge in [0.25, 0.3) is 0 Å². The molecule has 4 aromatic carbocycles. The van der Waals surface area contributed by atoms with Gasteiger partial charge in [0.05, 0.1) is 18.7 Å². The Hall–Kier alpha value is -4.87. The molecule has 1 amide bonds. The first-order chi connectivity index (χ1) is 20.0. The highest BCUT2D eigenvalue weighted by molar-refractivity contribution is 5.73. The van der Waals surface area contributed by atoms with Crippen LogP contribution in [0.25, 0.3) is 11.1 Å². The molecule has 0 atom stereocenters. The van der Waals surface area contributed by atoms with Crippen molar-refractivity contribution in [3.8, 4) is 34.4 Å². The molecule has 0 saturated carbocycles. The van der Waals surface area contributed by atoms with Crippen LogP contribution in [-0.4, -0.2) is 26.1 Å². The lowest BCUT2D eigenvalue weighted by Crippen LogP contribution is -2.30. The third-order valence-corrected chi connectivity index (χ3v) is 6.33. The fourth-order valence-electron chi connectivity index (χ4n) is 4.30. The highest BCUT2D eigenvalue weighted by Gasteiger charge is 2.13. The van der Waals surface area contributed by atoms with Crippen molar-refractivity contribution in [2.45, 2.75) is 26.7 Å². The van der Waals surface area contributed by atoms with E-state index in [0.29, 0.717) is 42.4 Å². The zero-order chi connectivity index (χ0) is 29.0. The van der Waals surface area contributed by atoms with E-state index in [4.69, 9.17) is 14.2 Å². The summed E-state index contributed by atoms with van der Waals surface area (Å²) in [4.78, 5) is 11.1. The number of halogens is 1. The van der Waals surface area contributed by atoms with Crippen LogP contribution in [0.2, 0.25) is 0 Å². The van der Waals surface area contributed by atoms with E-state index in [2.05, 4.69) is 16.7 Å². The molecule has 0 bridgehead atoms. The highest BCUT2D eigenvalue weighted by atomic mass is 19.1. The minimum atomic E-state index is -0.297. The summed E-state index contributed by atoms with van der Waals surface area (Å²) in [6, 6.07) is 27.2. The predicted molar refractivity (Wildman–Crippen MR) is 155 cm³/mol. The Morgan fingerprint density at radius 2 is 1.71 bits per heavy atom. The van der Waals surface area contributed by atoms with Crippen molar-refractivity contribution < 1.29 is 23.4 Å². The molecule has 7 nitrogen and oxygen atoms in total. The van der Waals surface area contributed by atoms with Gasteiger partial charge in [-0.25, -0.2) is 4.39 Å². The van der Waals surface area contributed by atoms with Gasteiger partial charge in [-0.2, -0.15) is 5.26 Å². The van der Waals surface area contributed by atoms with Gasteiger partial charge in [0.2, 0.25) is 5.91 Å². The Morgan fingerprint density at radius 3 is 2.46 bits per heavy atom. The monoisotopic (exact) mass is 553 g/mol. The van der Waals surface area contributed by atoms with Gasteiger partial charge in [-0.1, -0.05) is 48.5 Å². The number of hydrogen-bond acceptors (Lipinski definition) is 6. The lowest BCUT2D eigenvalue weighted by molar-refractivity contribution is -0.118. The van der Waals surface area contributed by atoms with Crippen LogP contribution in [0.15, 0.2) is 84.9 Å². The van der Waals surface area contributed by atoms with Crippen LogP contribution in [0.4, 0.5) is 4.39 Å². The number of nitrogens with one attached hydrogen (secondary N) is 2. The van der Waals surface area contributed by atoms with Crippen LogP contribution < -0.4 is 24.8 Å². The van der Waals surface area contributed by atoms with E-state index < -0.39 is 0 Å². The number of methoxy groups -OCH3 is 1. The second-order valence-corrected chi connectivity index (χ2v) is 9.32. The summed E-state index contributed by atoms with van der Waals surface area (Å²) in [5.74, 6) is 1.55. The van der Waals surface area contributed by atoms with Crippen LogP contribution in [0, 0.1) is 17.1 Å². The number of nitrogens with zero attached hydrogens (tertiary/aromatic N) is 1. The number of carbonyl (C=O) groups is 1. The molecule has 2 N–H and O–H groups in total. The van der Waals surface area contributed by atoms with E-state index in [1.807, 2.05) is 48.5 Å². The van der Waals surface area contributed by atoms with Gasteiger partial charge in [-0.15, -0.1) is 0 Å². The van der Waals surface area contributed by atoms with Gasteiger partial charge < -0.3 is 24.8 Å².